The summed E-state index contributed by atoms with van der Waals surface area (Å²) in [6, 6.07) is 5.77. The Balaban J connectivity index is 2.69. The van der Waals surface area contributed by atoms with Crippen LogP contribution in [0.3, 0.4) is 0 Å². The van der Waals surface area contributed by atoms with Crippen molar-refractivity contribution < 1.29 is 4.79 Å². The van der Waals surface area contributed by atoms with Crippen LogP contribution in [0.2, 0.25) is 0 Å². The van der Waals surface area contributed by atoms with Crippen molar-refractivity contribution in [3.63, 3.8) is 0 Å². The molecule has 0 aliphatic carbocycles. The minimum absolute atomic E-state index is 0.0702. The molecule has 1 rings (SSSR count). The number of pyridine rings is 1. The fraction of sp³-hybridized carbons (Fsp3) is 0.455. The van der Waals surface area contributed by atoms with Gasteiger partial charge in [-0.15, -0.1) is 0 Å². The van der Waals surface area contributed by atoms with Crippen molar-refractivity contribution in [1.29, 1.82) is 0 Å². The Hall–Kier alpha value is -1.58. The second-order valence-electron chi connectivity index (χ2n) is 3.78. The van der Waals surface area contributed by atoms with Crippen LogP contribution < -0.4 is 4.90 Å². The van der Waals surface area contributed by atoms with E-state index >= 15 is 0 Å². The highest BCUT2D eigenvalue weighted by Crippen LogP contribution is 2.08. The number of carbonyl (C=O) groups is 1. The summed E-state index contributed by atoms with van der Waals surface area (Å²) >= 11 is 0. The SMILES string of the molecule is Cc1cccc(N(C)CC(=O)N(C)C)n1. The highest BCUT2D eigenvalue weighted by atomic mass is 16.2. The average molecular weight is 207 g/mol. The molecule has 0 aliphatic rings. The highest BCUT2D eigenvalue weighted by molar-refractivity contribution is 5.80. The van der Waals surface area contributed by atoms with Crippen molar-refractivity contribution in [1.82, 2.24) is 9.88 Å². The van der Waals surface area contributed by atoms with E-state index in [1.54, 1.807) is 19.0 Å². The lowest BCUT2D eigenvalue weighted by Crippen LogP contribution is -2.34. The molecule has 4 heteroatoms. The molecule has 0 saturated carbocycles. The molecule has 82 valence electrons. The standard InChI is InChI=1S/C11H17N3O/c1-9-6-5-7-10(12-9)14(4)8-11(15)13(2)3/h5-7H,8H2,1-4H3. The van der Waals surface area contributed by atoms with E-state index in [0.717, 1.165) is 11.5 Å². The van der Waals surface area contributed by atoms with Gasteiger partial charge in [0.1, 0.15) is 5.82 Å². The third-order valence-electron chi connectivity index (χ3n) is 2.14. The molecule has 0 radical (unpaired) electrons. The summed E-state index contributed by atoms with van der Waals surface area (Å²) < 4.78 is 0. The third kappa shape index (κ3) is 3.23. The van der Waals surface area contributed by atoms with E-state index in [1.807, 2.05) is 37.1 Å². The third-order valence-corrected chi connectivity index (χ3v) is 2.14. The molecular weight excluding hydrogens is 190 g/mol. The van der Waals surface area contributed by atoms with Crippen molar-refractivity contribution in [2.45, 2.75) is 6.92 Å². The maximum Gasteiger partial charge on any atom is 0.241 e. The number of likely N-dealkylation sites (N-methyl/N-ethyl adjacent to an activating group) is 2. The van der Waals surface area contributed by atoms with Crippen molar-refractivity contribution in [3.8, 4) is 0 Å². The number of carbonyl (C=O) groups excluding carboxylic acids is 1. The van der Waals surface area contributed by atoms with Gasteiger partial charge in [0, 0.05) is 26.8 Å². The zero-order chi connectivity index (χ0) is 11.4. The Labute approximate surface area is 90.5 Å². The highest BCUT2D eigenvalue weighted by Gasteiger charge is 2.09. The quantitative estimate of drug-likeness (QED) is 0.739. The molecule has 0 spiro atoms. The lowest BCUT2D eigenvalue weighted by Gasteiger charge is -2.20. The predicted octanol–water partition coefficient (Wildman–Crippen LogP) is 0.914. The molecular formula is C11H17N3O. The van der Waals surface area contributed by atoms with Crippen LogP contribution in [0.5, 0.6) is 0 Å². The predicted molar refractivity (Wildman–Crippen MR) is 60.9 cm³/mol. The molecule has 15 heavy (non-hydrogen) atoms. The fourth-order valence-corrected chi connectivity index (χ4v) is 1.17. The minimum Gasteiger partial charge on any atom is -0.350 e. The van der Waals surface area contributed by atoms with E-state index < -0.39 is 0 Å². The molecule has 0 aliphatic heterocycles. The summed E-state index contributed by atoms with van der Waals surface area (Å²) in [7, 11) is 5.36. The number of hydrogen-bond donors (Lipinski definition) is 0. The van der Waals surface area contributed by atoms with Gasteiger partial charge in [0.15, 0.2) is 0 Å². The monoisotopic (exact) mass is 207 g/mol. The molecule has 0 fully saturated rings. The molecule has 0 atom stereocenters. The number of aryl methyl sites for hydroxylation is 1. The average Bonchev–Trinajstić information content (AvgIpc) is 2.17. The molecule has 0 saturated heterocycles. The van der Waals surface area contributed by atoms with Gasteiger partial charge in [-0.3, -0.25) is 4.79 Å². The van der Waals surface area contributed by atoms with Gasteiger partial charge in [-0.2, -0.15) is 0 Å². The van der Waals surface area contributed by atoms with Crippen molar-refractivity contribution >= 4 is 11.7 Å². The van der Waals surface area contributed by atoms with E-state index in [2.05, 4.69) is 4.98 Å². The van der Waals surface area contributed by atoms with E-state index in [9.17, 15) is 4.79 Å². The molecule has 1 heterocycles. The number of hydrogen-bond acceptors (Lipinski definition) is 3. The molecule has 1 aromatic rings. The summed E-state index contributed by atoms with van der Waals surface area (Å²) in [5.74, 6) is 0.894. The van der Waals surface area contributed by atoms with Crippen LogP contribution in [0.25, 0.3) is 0 Å². The first-order chi connectivity index (χ1) is 7.00. The van der Waals surface area contributed by atoms with E-state index in [0.29, 0.717) is 6.54 Å². The Kier molecular flexibility index (Phi) is 3.66. The first-order valence-electron chi connectivity index (χ1n) is 4.85. The molecule has 0 unspecified atom stereocenters. The Morgan fingerprint density at radius 1 is 1.33 bits per heavy atom. The van der Waals surface area contributed by atoms with Gasteiger partial charge in [-0.1, -0.05) is 6.07 Å². The summed E-state index contributed by atoms with van der Waals surface area (Å²) in [4.78, 5) is 19.2. The van der Waals surface area contributed by atoms with Crippen LogP contribution in [-0.4, -0.2) is 43.5 Å². The van der Waals surface area contributed by atoms with Crippen LogP contribution in [0.15, 0.2) is 18.2 Å². The first kappa shape index (κ1) is 11.5. The van der Waals surface area contributed by atoms with Crippen molar-refractivity contribution in [2.24, 2.45) is 0 Å². The maximum absolute atomic E-state index is 11.5. The van der Waals surface area contributed by atoms with E-state index in [1.165, 1.54) is 0 Å². The van der Waals surface area contributed by atoms with Gasteiger partial charge in [0.2, 0.25) is 5.91 Å². The molecule has 4 nitrogen and oxygen atoms in total. The molecule has 0 bridgehead atoms. The zero-order valence-corrected chi connectivity index (χ0v) is 9.69. The smallest absolute Gasteiger partial charge is 0.241 e. The van der Waals surface area contributed by atoms with Crippen molar-refractivity contribution in [3.05, 3.63) is 23.9 Å². The van der Waals surface area contributed by atoms with Crippen molar-refractivity contribution in [2.75, 3.05) is 32.6 Å². The number of aromatic nitrogens is 1. The second-order valence-corrected chi connectivity index (χ2v) is 3.78. The van der Waals surface area contributed by atoms with Gasteiger partial charge < -0.3 is 9.80 Å². The lowest BCUT2D eigenvalue weighted by molar-refractivity contribution is -0.127. The molecule has 0 aromatic carbocycles. The lowest BCUT2D eigenvalue weighted by atomic mass is 10.3. The number of anilines is 1. The van der Waals surface area contributed by atoms with Gasteiger partial charge in [0.25, 0.3) is 0 Å². The topological polar surface area (TPSA) is 36.4 Å². The van der Waals surface area contributed by atoms with Gasteiger partial charge in [0.05, 0.1) is 6.54 Å². The maximum atomic E-state index is 11.5. The number of amides is 1. The Bertz CT molecular complexity index is 349. The largest absolute Gasteiger partial charge is 0.350 e. The minimum atomic E-state index is 0.0702. The number of nitrogens with zero attached hydrogens (tertiary/aromatic N) is 3. The second kappa shape index (κ2) is 4.77. The summed E-state index contributed by atoms with van der Waals surface area (Å²) in [5, 5.41) is 0. The normalized spacial score (nSPS) is 9.87. The first-order valence-corrected chi connectivity index (χ1v) is 4.85. The van der Waals surface area contributed by atoms with E-state index in [-0.39, 0.29) is 5.91 Å². The summed E-state index contributed by atoms with van der Waals surface area (Å²) in [6.45, 7) is 2.29. The molecule has 0 N–H and O–H groups in total. The zero-order valence-electron chi connectivity index (χ0n) is 9.69. The summed E-state index contributed by atoms with van der Waals surface area (Å²) in [5.41, 5.74) is 0.955. The van der Waals surface area contributed by atoms with Crippen LogP contribution >= 0.6 is 0 Å². The van der Waals surface area contributed by atoms with Crippen LogP contribution in [0, 0.1) is 6.92 Å². The molecule has 1 amide bonds. The van der Waals surface area contributed by atoms with Crippen LogP contribution in [0.4, 0.5) is 5.82 Å². The fourth-order valence-electron chi connectivity index (χ4n) is 1.17. The van der Waals surface area contributed by atoms with Gasteiger partial charge in [-0.25, -0.2) is 4.98 Å². The van der Waals surface area contributed by atoms with Gasteiger partial charge >= 0.3 is 0 Å². The Morgan fingerprint density at radius 3 is 2.53 bits per heavy atom. The van der Waals surface area contributed by atoms with Gasteiger partial charge in [-0.05, 0) is 19.1 Å². The Morgan fingerprint density at radius 2 is 2.00 bits per heavy atom. The van der Waals surface area contributed by atoms with E-state index in [4.69, 9.17) is 0 Å². The van der Waals surface area contributed by atoms with Crippen LogP contribution in [-0.2, 0) is 4.79 Å². The number of rotatable bonds is 3. The summed E-state index contributed by atoms with van der Waals surface area (Å²) in [6.07, 6.45) is 0. The molecule has 1 aromatic heterocycles. The van der Waals surface area contributed by atoms with Crippen LogP contribution in [0.1, 0.15) is 5.69 Å².